The quantitative estimate of drug-likeness (QED) is 0.510. The Morgan fingerprint density at radius 1 is 1.45 bits per heavy atom. The molecule has 1 saturated heterocycles. The maximum Gasteiger partial charge on any atom is 0.279 e. The Kier molecular flexibility index (Phi) is 7.08. The van der Waals surface area contributed by atoms with Crippen LogP contribution in [0, 0.1) is 5.41 Å². The number of morpholine rings is 1. The van der Waals surface area contributed by atoms with Gasteiger partial charge in [-0.3, -0.25) is 5.41 Å². The van der Waals surface area contributed by atoms with Crippen LogP contribution in [0.2, 0.25) is 0 Å². The van der Waals surface area contributed by atoms with E-state index in [1.807, 2.05) is 11.8 Å². The molecule has 13 heteroatoms. The van der Waals surface area contributed by atoms with Crippen molar-refractivity contribution >= 4 is 27.6 Å². The van der Waals surface area contributed by atoms with Crippen molar-refractivity contribution in [3.05, 3.63) is 30.5 Å². The lowest BCUT2D eigenvalue weighted by atomic mass is 10.2. The molecular weight excluding hydrogens is 432 g/mol. The van der Waals surface area contributed by atoms with Gasteiger partial charge >= 0.3 is 0 Å². The molecule has 10 nitrogen and oxygen atoms in total. The Labute approximate surface area is 178 Å². The van der Waals surface area contributed by atoms with Crippen molar-refractivity contribution in [3.8, 4) is 11.4 Å². The first-order valence-electron chi connectivity index (χ1n) is 9.37. The Balaban J connectivity index is 1.74. The second kappa shape index (κ2) is 9.58. The molecule has 0 amide bonds. The lowest BCUT2D eigenvalue weighted by Gasteiger charge is -2.38. The number of aromatic amines is 1. The van der Waals surface area contributed by atoms with Crippen LogP contribution in [0.15, 0.2) is 24.7 Å². The van der Waals surface area contributed by atoms with Crippen molar-refractivity contribution < 1.29 is 21.9 Å². The van der Waals surface area contributed by atoms with Crippen LogP contribution in [-0.4, -0.2) is 78.6 Å². The van der Waals surface area contributed by atoms with Gasteiger partial charge in [0.1, 0.15) is 18.0 Å². The number of aromatic nitrogens is 4. The molecule has 31 heavy (non-hydrogen) atoms. The van der Waals surface area contributed by atoms with Gasteiger partial charge < -0.3 is 14.6 Å². The normalized spacial score (nSPS) is 20.0. The highest BCUT2D eigenvalue weighted by atomic mass is 32.2. The number of hydrogen-bond acceptors (Lipinski definition) is 8. The summed E-state index contributed by atoms with van der Waals surface area (Å²) in [6, 6.07) is 1.77. The summed E-state index contributed by atoms with van der Waals surface area (Å²) in [5.74, 6) is 0.948. The molecule has 3 rings (SSSR count). The number of H-pyrrole nitrogens is 1. The van der Waals surface area contributed by atoms with Crippen molar-refractivity contribution in [2.24, 2.45) is 0 Å². The fourth-order valence-corrected chi connectivity index (χ4v) is 3.44. The number of alkyl halides is 2. The van der Waals surface area contributed by atoms with Crippen LogP contribution in [0.1, 0.15) is 12.7 Å². The average Bonchev–Trinajstić information content (AvgIpc) is 3.20. The molecule has 3 N–H and O–H groups in total. The molecule has 0 spiro atoms. The highest BCUT2D eigenvalue weighted by Gasteiger charge is 2.28. The monoisotopic (exact) mass is 455 g/mol. The molecule has 0 aromatic carbocycles. The molecule has 0 radical (unpaired) electrons. The molecule has 1 fully saturated rings. The molecule has 2 atom stereocenters. The van der Waals surface area contributed by atoms with Gasteiger partial charge in [-0.2, -0.15) is 0 Å². The molecule has 0 unspecified atom stereocenters. The number of nitrogens with one attached hydrogen (secondary N) is 3. The Hall–Kier alpha value is -2.77. The summed E-state index contributed by atoms with van der Waals surface area (Å²) in [6.07, 6.45) is 3.11. The minimum atomic E-state index is -3.32. The highest BCUT2D eigenvalue weighted by Crippen LogP contribution is 2.23. The van der Waals surface area contributed by atoms with Crippen molar-refractivity contribution in [2.45, 2.75) is 25.5 Å². The summed E-state index contributed by atoms with van der Waals surface area (Å²) >= 11 is 0. The third-order valence-corrected chi connectivity index (χ3v) is 5.24. The van der Waals surface area contributed by atoms with Gasteiger partial charge in [-0.05, 0) is 19.1 Å². The van der Waals surface area contributed by atoms with Gasteiger partial charge in [0.25, 0.3) is 6.43 Å². The lowest BCUT2D eigenvalue weighted by Crippen LogP contribution is -2.52. The first-order valence-corrected chi connectivity index (χ1v) is 11.3. The first kappa shape index (κ1) is 22.9. The smallest absolute Gasteiger partial charge is 0.279 e. The van der Waals surface area contributed by atoms with Gasteiger partial charge in [-0.25, -0.2) is 36.9 Å². The summed E-state index contributed by atoms with van der Waals surface area (Å²) in [5.41, 5.74) is 0.303. The SMILES string of the molecule is C[C@@H]1CO[C@H](CNS(C)(=O)=O)CN1c1cc(-c2cnc(/C=C\C(=N)C(F)F)[nH]2)ncn1. The summed E-state index contributed by atoms with van der Waals surface area (Å²) in [5, 5.41) is 7.15. The van der Waals surface area contributed by atoms with Crippen molar-refractivity contribution in [1.82, 2.24) is 24.7 Å². The summed E-state index contributed by atoms with van der Waals surface area (Å²) in [7, 11) is -3.32. The third-order valence-electron chi connectivity index (χ3n) is 4.55. The second-order valence-electron chi connectivity index (χ2n) is 7.11. The summed E-state index contributed by atoms with van der Waals surface area (Å²) in [4.78, 5) is 17.6. The number of allylic oxidation sites excluding steroid dienone is 1. The Morgan fingerprint density at radius 3 is 2.94 bits per heavy atom. The third kappa shape index (κ3) is 6.35. The molecular formula is C18H23F2N7O3S. The van der Waals surface area contributed by atoms with Gasteiger partial charge in [0, 0.05) is 19.2 Å². The fraction of sp³-hybridized carbons (Fsp3) is 0.444. The molecule has 2 aromatic rings. The van der Waals surface area contributed by atoms with E-state index in [1.165, 1.54) is 18.6 Å². The second-order valence-corrected chi connectivity index (χ2v) is 8.94. The largest absolute Gasteiger partial charge is 0.373 e. The van der Waals surface area contributed by atoms with Gasteiger partial charge in [-0.15, -0.1) is 0 Å². The number of ether oxygens (including phenoxy) is 1. The van der Waals surface area contributed by atoms with Crippen molar-refractivity contribution in [3.63, 3.8) is 0 Å². The molecule has 168 valence electrons. The number of hydrogen-bond donors (Lipinski definition) is 3. The molecule has 1 aliphatic heterocycles. The van der Waals surface area contributed by atoms with Crippen molar-refractivity contribution in [1.29, 1.82) is 5.41 Å². The Bertz CT molecular complexity index is 1060. The zero-order valence-corrected chi connectivity index (χ0v) is 17.7. The summed E-state index contributed by atoms with van der Waals surface area (Å²) in [6.45, 7) is 2.97. The number of rotatable bonds is 8. The van der Waals surface area contributed by atoms with E-state index < -0.39 is 22.2 Å². The van der Waals surface area contributed by atoms with Crippen LogP contribution in [-0.2, 0) is 14.8 Å². The number of imidazole rings is 1. The molecule has 0 saturated carbocycles. The number of sulfonamides is 1. The van der Waals surface area contributed by atoms with Crippen LogP contribution in [0.5, 0.6) is 0 Å². The number of halogens is 2. The highest BCUT2D eigenvalue weighted by molar-refractivity contribution is 7.88. The van der Waals surface area contributed by atoms with E-state index in [9.17, 15) is 17.2 Å². The van der Waals surface area contributed by atoms with Gasteiger partial charge in [0.15, 0.2) is 0 Å². The average molecular weight is 455 g/mol. The first-order chi connectivity index (χ1) is 14.6. The van der Waals surface area contributed by atoms with E-state index in [0.717, 1.165) is 12.3 Å². The van der Waals surface area contributed by atoms with E-state index in [2.05, 4.69) is 24.7 Å². The van der Waals surface area contributed by atoms with Crippen LogP contribution < -0.4 is 9.62 Å². The molecule has 0 aliphatic carbocycles. The van der Waals surface area contributed by atoms with Crippen molar-refractivity contribution in [2.75, 3.05) is 30.9 Å². The van der Waals surface area contributed by atoms with E-state index >= 15 is 0 Å². The molecule has 1 aliphatic rings. The Morgan fingerprint density at radius 2 is 2.23 bits per heavy atom. The van der Waals surface area contributed by atoms with Crippen LogP contribution >= 0.6 is 0 Å². The van der Waals surface area contributed by atoms with Gasteiger partial charge in [-0.1, -0.05) is 0 Å². The number of nitrogens with zero attached hydrogens (tertiary/aromatic N) is 4. The molecule has 3 heterocycles. The van der Waals surface area contributed by atoms with Gasteiger partial charge in [0.2, 0.25) is 10.0 Å². The lowest BCUT2D eigenvalue weighted by molar-refractivity contribution is 0.0259. The van der Waals surface area contributed by atoms with Crippen LogP contribution in [0.4, 0.5) is 14.6 Å². The van der Waals surface area contributed by atoms with E-state index in [0.29, 0.717) is 36.2 Å². The van der Waals surface area contributed by atoms with Crippen LogP contribution in [0.25, 0.3) is 17.5 Å². The number of anilines is 1. The van der Waals surface area contributed by atoms with E-state index in [1.54, 1.807) is 6.07 Å². The molecule has 2 aromatic heterocycles. The summed E-state index contributed by atoms with van der Waals surface area (Å²) < 4.78 is 55.7. The van der Waals surface area contributed by atoms with Gasteiger partial charge in [0.05, 0.1) is 48.3 Å². The van der Waals surface area contributed by atoms with E-state index in [-0.39, 0.29) is 18.7 Å². The fourth-order valence-electron chi connectivity index (χ4n) is 2.95. The maximum absolute atomic E-state index is 12.4. The standard InChI is InChI=1S/C18H23F2N7O3S/c1-11-9-30-12(6-25-31(2,28)29)8-27(11)17-5-14(23-10-24-17)15-7-22-16(26-15)4-3-13(21)18(19)20/h3-5,7,10-12,18,21,25H,6,8-9H2,1-2H3,(H,22,26)/b4-3-,21-13?/t11-,12-/m1/s1. The predicted octanol–water partition coefficient (Wildman–Crippen LogP) is 1.31. The van der Waals surface area contributed by atoms with E-state index in [4.69, 9.17) is 10.1 Å². The zero-order chi connectivity index (χ0) is 22.6. The zero-order valence-electron chi connectivity index (χ0n) is 16.9. The topological polar surface area (TPSA) is 137 Å². The van der Waals surface area contributed by atoms with Crippen LogP contribution in [0.3, 0.4) is 0 Å². The maximum atomic E-state index is 12.4. The molecule has 0 bridgehead atoms. The predicted molar refractivity (Wildman–Crippen MR) is 112 cm³/mol. The minimum absolute atomic E-state index is 0.0119. The minimum Gasteiger partial charge on any atom is -0.373 e.